The Balaban J connectivity index is 0.00000484. The van der Waals surface area contributed by atoms with Gasteiger partial charge in [-0.05, 0) is 80.6 Å². The van der Waals surface area contributed by atoms with E-state index in [1.54, 1.807) is 6.07 Å². The minimum atomic E-state index is -0.132. The Morgan fingerprint density at radius 2 is 1.14 bits per heavy atom. The number of rotatable bonds is 6. The molecule has 0 saturated carbocycles. The fraction of sp³-hybridized carbons (Fsp3) is 0.148. The smallest absolute Gasteiger partial charge is 0.148 e. The molecule has 1 N–H and O–H groups in total. The van der Waals surface area contributed by atoms with Crippen LogP contribution in [0.15, 0.2) is 164 Å². The summed E-state index contributed by atoms with van der Waals surface area (Å²) in [7, 11) is 0. The minimum absolute atomic E-state index is 0. The Bertz CT molecular complexity index is 2950. The Hall–Kier alpha value is -6.09. The molecule has 0 aliphatic carbocycles. The van der Waals surface area contributed by atoms with Crippen molar-refractivity contribution in [2.75, 3.05) is 0 Å². The number of aromatic hydroxyl groups is 1. The Labute approximate surface area is 361 Å². The molecule has 7 aromatic carbocycles. The Kier molecular flexibility index (Phi) is 10.5. The maximum Gasteiger partial charge on any atom is 0.148 e. The van der Waals surface area contributed by atoms with Crippen molar-refractivity contribution in [1.29, 1.82) is 0 Å². The largest absolute Gasteiger partial charge is 0.507 e. The zero-order valence-electron chi connectivity index (χ0n) is 34.2. The third-order valence-electron chi connectivity index (χ3n) is 11.2. The van der Waals surface area contributed by atoms with Gasteiger partial charge in [0.15, 0.2) is 0 Å². The predicted octanol–water partition coefficient (Wildman–Crippen LogP) is 14.0. The summed E-state index contributed by atoms with van der Waals surface area (Å²) in [5.41, 5.74) is 14.9. The number of hydrogen-bond acceptors (Lipinski definition) is 3. The monoisotopic (exact) mass is 947 g/mol. The molecule has 0 bridgehead atoms. The first-order chi connectivity index (χ1) is 27.9. The summed E-state index contributed by atoms with van der Waals surface area (Å²) in [6.45, 7) is 13.3. The minimum Gasteiger partial charge on any atom is -0.507 e. The van der Waals surface area contributed by atoms with Gasteiger partial charge in [-0.2, -0.15) is 0 Å². The van der Waals surface area contributed by atoms with E-state index in [4.69, 9.17) is 9.97 Å². The van der Waals surface area contributed by atoms with Crippen LogP contribution in [0, 0.1) is 6.07 Å². The molecule has 0 amide bonds. The summed E-state index contributed by atoms with van der Waals surface area (Å²) in [5.74, 6) is 0.865. The fourth-order valence-corrected chi connectivity index (χ4v) is 7.96. The van der Waals surface area contributed by atoms with E-state index in [-0.39, 0.29) is 37.6 Å². The molecule has 59 heavy (non-hydrogen) atoms. The van der Waals surface area contributed by atoms with Crippen molar-refractivity contribution >= 4 is 21.9 Å². The molecular formula is C54H46N3OPt-. The van der Waals surface area contributed by atoms with Crippen LogP contribution in [-0.2, 0) is 31.9 Å². The Morgan fingerprint density at radius 1 is 0.508 bits per heavy atom. The molecule has 0 aliphatic heterocycles. The number of pyridine rings is 1. The van der Waals surface area contributed by atoms with Crippen molar-refractivity contribution in [3.63, 3.8) is 0 Å². The zero-order valence-corrected chi connectivity index (χ0v) is 36.5. The standard InChI is InChI=1S/C54H46N3O.Pt/c1-53(2,3)40-23-26-42(27-24-40)57-48-33-39(35-15-9-7-10-16-35)32-46(51(48)56-52(57)47-34-41(54(4,5)6)25-28-49(47)58)38-20-13-19-37(31-38)44-21-14-22-45-43(29-30-55-50(44)45)36-17-11-8-12-18-36;/h7-30,32-34,58H,1-6H3;/q-1;. The van der Waals surface area contributed by atoms with Gasteiger partial charge in [0, 0.05) is 43.9 Å². The average Bonchev–Trinajstić information content (AvgIpc) is 3.62. The molecule has 0 unspecified atom stereocenters. The summed E-state index contributed by atoms with van der Waals surface area (Å²) in [6.07, 6.45) is 1.90. The number of nitrogens with zero attached hydrogens (tertiary/aromatic N) is 3. The van der Waals surface area contributed by atoms with E-state index in [2.05, 4.69) is 186 Å². The van der Waals surface area contributed by atoms with Gasteiger partial charge in [-0.3, -0.25) is 9.55 Å². The van der Waals surface area contributed by atoms with E-state index < -0.39 is 0 Å². The fourth-order valence-electron chi connectivity index (χ4n) is 7.96. The average molecular weight is 948 g/mol. The first-order valence-corrected chi connectivity index (χ1v) is 20.0. The summed E-state index contributed by atoms with van der Waals surface area (Å²) in [5, 5.41) is 12.7. The quantitative estimate of drug-likeness (QED) is 0.169. The van der Waals surface area contributed by atoms with Crippen LogP contribution in [0.4, 0.5) is 0 Å². The maximum atomic E-state index is 11.6. The molecule has 0 saturated heterocycles. The normalized spacial score (nSPS) is 11.8. The number of imidazole rings is 1. The van der Waals surface area contributed by atoms with Gasteiger partial charge in [-0.25, -0.2) is 4.98 Å². The van der Waals surface area contributed by atoms with Gasteiger partial charge in [0.2, 0.25) is 0 Å². The number of benzene rings is 7. The summed E-state index contributed by atoms with van der Waals surface area (Å²) in [4.78, 5) is 10.4. The topological polar surface area (TPSA) is 50.9 Å². The van der Waals surface area contributed by atoms with Gasteiger partial charge in [-0.15, -0.1) is 35.4 Å². The molecule has 9 rings (SSSR count). The second-order valence-corrected chi connectivity index (χ2v) is 17.2. The van der Waals surface area contributed by atoms with Gasteiger partial charge < -0.3 is 5.11 Å². The van der Waals surface area contributed by atoms with Crippen LogP contribution in [0.3, 0.4) is 0 Å². The van der Waals surface area contributed by atoms with Gasteiger partial charge in [0.1, 0.15) is 11.6 Å². The molecular weight excluding hydrogens is 902 g/mol. The van der Waals surface area contributed by atoms with E-state index in [1.807, 2.05) is 24.4 Å². The van der Waals surface area contributed by atoms with Crippen LogP contribution in [0.2, 0.25) is 0 Å². The molecule has 0 aliphatic rings. The summed E-state index contributed by atoms with van der Waals surface area (Å²) in [6, 6.07) is 58.8. The first-order valence-electron chi connectivity index (χ1n) is 20.0. The predicted molar refractivity (Wildman–Crippen MR) is 241 cm³/mol. The molecule has 9 aromatic rings. The Morgan fingerprint density at radius 3 is 1.81 bits per heavy atom. The van der Waals surface area contributed by atoms with E-state index in [0.29, 0.717) is 11.4 Å². The van der Waals surface area contributed by atoms with Gasteiger partial charge in [-0.1, -0.05) is 156 Å². The third-order valence-corrected chi connectivity index (χ3v) is 11.2. The number of phenols is 1. The third kappa shape index (κ3) is 7.54. The molecule has 2 heterocycles. The molecule has 294 valence electrons. The molecule has 0 fully saturated rings. The van der Waals surface area contributed by atoms with E-state index >= 15 is 0 Å². The molecule has 0 atom stereocenters. The van der Waals surface area contributed by atoms with Crippen molar-refractivity contribution in [2.45, 2.75) is 52.4 Å². The number of phenolic OH excluding ortho intramolecular Hbond substituents is 1. The summed E-state index contributed by atoms with van der Waals surface area (Å²) >= 11 is 0. The van der Waals surface area contributed by atoms with Crippen molar-refractivity contribution < 1.29 is 26.2 Å². The SMILES string of the molecule is CC(C)(C)c1ccc(-n2c(-c3cc(C(C)(C)C)ccc3O)nc3c(-c4[c-]c(-c5cccc6c(-c7ccccc7)ccnc56)ccc4)cc(-c4ccccc4)cc32)cc1.[Pt]. The number of aromatic nitrogens is 3. The first kappa shape index (κ1) is 39.7. The van der Waals surface area contributed by atoms with Crippen LogP contribution in [0.5, 0.6) is 5.75 Å². The van der Waals surface area contributed by atoms with Gasteiger partial charge in [0.25, 0.3) is 0 Å². The van der Waals surface area contributed by atoms with Crippen molar-refractivity contribution in [2.24, 2.45) is 0 Å². The van der Waals surface area contributed by atoms with Gasteiger partial charge in [0.05, 0.1) is 16.6 Å². The van der Waals surface area contributed by atoms with Crippen LogP contribution in [0.1, 0.15) is 52.7 Å². The second-order valence-electron chi connectivity index (χ2n) is 17.2. The van der Waals surface area contributed by atoms with Gasteiger partial charge >= 0.3 is 0 Å². The molecule has 4 nitrogen and oxygen atoms in total. The van der Waals surface area contributed by atoms with Crippen LogP contribution < -0.4 is 0 Å². The molecule has 5 heteroatoms. The number of hydrogen-bond donors (Lipinski definition) is 1. The van der Waals surface area contributed by atoms with Crippen LogP contribution in [-0.4, -0.2) is 19.6 Å². The van der Waals surface area contributed by atoms with Crippen molar-refractivity contribution in [3.8, 4) is 67.3 Å². The summed E-state index contributed by atoms with van der Waals surface area (Å²) < 4.78 is 2.21. The van der Waals surface area contributed by atoms with Crippen LogP contribution >= 0.6 is 0 Å². The van der Waals surface area contributed by atoms with Crippen LogP contribution in [0.25, 0.3) is 83.5 Å². The van der Waals surface area contributed by atoms with Crippen molar-refractivity contribution in [1.82, 2.24) is 14.5 Å². The number of para-hydroxylation sites is 1. The molecule has 0 spiro atoms. The van der Waals surface area contributed by atoms with Crippen molar-refractivity contribution in [3.05, 3.63) is 181 Å². The number of fused-ring (bicyclic) bond motifs is 2. The molecule has 0 radical (unpaired) electrons. The second kappa shape index (κ2) is 15.6. The van der Waals surface area contributed by atoms with E-state index in [9.17, 15) is 5.11 Å². The zero-order chi connectivity index (χ0) is 40.2. The van der Waals surface area contributed by atoms with E-state index in [1.165, 1.54) is 5.56 Å². The maximum absolute atomic E-state index is 11.6. The van der Waals surface area contributed by atoms with E-state index in [0.717, 1.165) is 77.7 Å². The molecule has 2 aromatic heterocycles.